The molecular weight excluding hydrogens is 492 g/mol. The van der Waals surface area contributed by atoms with Gasteiger partial charge < -0.3 is 20.1 Å². The van der Waals surface area contributed by atoms with Gasteiger partial charge in [-0.2, -0.15) is 13.2 Å². The van der Waals surface area contributed by atoms with Gasteiger partial charge >= 0.3 is 6.18 Å². The van der Waals surface area contributed by atoms with Gasteiger partial charge in [-0.05, 0) is 37.5 Å². The number of allylic oxidation sites excluding steroid dienone is 1. The second-order valence-corrected chi connectivity index (χ2v) is 9.93. The lowest BCUT2D eigenvalue weighted by Gasteiger charge is -2.70. The first-order valence-corrected chi connectivity index (χ1v) is 11.6. The van der Waals surface area contributed by atoms with Crippen LogP contribution in [0.1, 0.15) is 25.7 Å². The van der Waals surface area contributed by atoms with Crippen molar-refractivity contribution < 1.29 is 31.8 Å². The first-order valence-electron chi connectivity index (χ1n) is 11.2. The van der Waals surface area contributed by atoms with Crippen LogP contribution in [0.5, 0.6) is 5.75 Å². The topological polar surface area (TPSA) is 84.3 Å². The lowest BCUT2D eigenvalue weighted by Crippen LogP contribution is -2.78. The average molecular weight is 515 g/mol. The number of nitrogens with one attached hydrogen (secondary N) is 2. The number of halogens is 5. The van der Waals surface area contributed by atoms with Crippen molar-refractivity contribution in [2.24, 2.45) is 15.4 Å². The molecule has 3 fully saturated rings. The fraction of sp³-hybridized carbons (Fsp3) is 0.522. The highest BCUT2D eigenvalue weighted by atomic mass is 35.5. The zero-order chi connectivity index (χ0) is 24.8. The molecule has 0 spiro atoms. The van der Waals surface area contributed by atoms with Crippen LogP contribution in [0.4, 0.5) is 17.6 Å². The van der Waals surface area contributed by atoms with Crippen molar-refractivity contribution in [2.45, 2.75) is 49.5 Å². The summed E-state index contributed by atoms with van der Waals surface area (Å²) in [5.74, 6) is 0.550. The Bertz CT molecular complexity index is 1100. The number of ether oxygens (including phenoxy) is 2. The van der Waals surface area contributed by atoms with Gasteiger partial charge in [0.05, 0.1) is 23.8 Å². The summed E-state index contributed by atoms with van der Waals surface area (Å²) in [6.07, 6.45) is 0.235. The van der Waals surface area contributed by atoms with E-state index in [-0.39, 0.29) is 53.3 Å². The van der Waals surface area contributed by atoms with Crippen LogP contribution >= 0.6 is 11.6 Å². The molecule has 5 aliphatic rings. The van der Waals surface area contributed by atoms with Crippen LogP contribution in [0.15, 0.2) is 40.0 Å². The average Bonchev–Trinajstić information content (AvgIpc) is 3.23. The van der Waals surface area contributed by atoms with Crippen molar-refractivity contribution in [1.29, 1.82) is 0 Å². The molecule has 1 aromatic rings. The van der Waals surface area contributed by atoms with E-state index < -0.39 is 18.0 Å². The van der Waals surface area contributed by atoms with Crippen LogP contribution < -0.4 is 15.4 Å². The maximum absolute atomic E-state index is 13.5. The zero-order valence-electron chi connectivity index (χ0n) is 18.5. The molecule has 1 amide bonds. The molecule has 2 bridgehead atoms. The zero-order valence-corrected chi connectivity index (χ0v) is 19.3. The second-order valence-electron chi connectivity index (χ2n) is 9.52. The second kappa shape index (κ2) is 8.69. The van der Waals surface area contributed by atoms with Crippen molar-refractivity contribution in [3.63, 3.8) is 0 Å². The molecule has 1 aromatic carbocycles. The molecule has 2 heterocycles. The van der Waals surface area contributed by atoms with Crippen molar-refractivity contribution in [1.82, 2.24) is 10.6 Å². The minimum absolute atomic E-state index is 0.0165. The summed E-state index contributed by atoms with van der Waals surface area (Å²) in [6.45, 7) is 0.553. The van der Waals surface area contributed by atoms with Gasteiger partial charge in [0.2, 0.25) is 0 Å². The molecule has 6 rings (SSSR count). The maximum atomic E-state index is 13.5. The standard InChI is InChI=1S/C23H23ClF4N4O3/c24-16-3-1-14(5-17(16)25)35-9-19(33)32-22-10-21(11-22,12-22)20-30-6-13(31-20)8-34-15-2-4-18(29-7-15)23(26,27)28/h1-3,5,7,13,18H,4,6,8-12H2,(H,30,31)(H,32,33). The maximum Gasteiger partial charge on any atom is 0.411 e. The van der Waals surface area contributed by atoms with E-state index in [0.717, 1.165) is 37.4 Å². The number of hydrogen-bond donors (Lipinski definition) is 2. The molecule has 35 heavy (non-hydrogen) atoms. The molecular formula is C23H23ClF4N4O3. The van der Waals surface area contributed by atoms with Gasteiger partial charge in [-0.25, -0.2) is 4.39 Å². The molecule has 2 unspecified atom stereocenters. The fourth-order valence-corrected chi connectivity index (χ4v) is 5.25. The number of dihydropyridines is 1. The van der Waals surface area contributed by atoms with Crippen molar-refractivity contribution >= 4 is 29.6 Å². The van der Waals surface area contributed by atoms with E-state index in [1.165, 1.54) is 18.2 Å². The highest BCUT2D eigenvalue weighted by molar-refractivity contribution is 6.30. The number of hydrogen-bond acceptors (Lipinski definition) is 6. The Hall–Kier alpha value is -2.82. The number of carbonyl (C=O) groups is 1. The van der Waals surface area contributed by atoms with Gasteiger partial charge in [0.25, 0.3) is 5.91 Å². The number of amides is 1. The fourth-order valence-electron chi connectivity index (χ4n) is 5.14. The Labute approximate surface area is 203 Å². The van der Waals surface area contributed by atoms with E-state index >= 15 is 0 Å². The normalized spacial score (nSPS) is 30.9. The monoisotopic (exact) mass is 514 g/mol. The van der Waals surface area contributed by atoms with Gasteiger partial charge in [-0.15, -0.1) is 0 Å². The number of aliphatic imine (C=N–C) groups is 2. The third-order valence-corrected chi connectivity index (χ3v) is 7.07. The molecule has 2 atom stereocenters. The first kappa shape index (κ1) is 23.9. The molecule has 3 aliphatic carbocycles. The number of alkyl halides is 3. The number of rotatable bonds is 8. The summed E-state index contributed by atoms with van der Waals surface area (Å²) in [5, 5.41) is 6.35. The van der Waals surface area contributed by atoms with Gasteiger partial charge in [0.1, 0.15) is 35.8 Å². The molecule has 2 aliphatic heterocycles. The Morgan fingerprint density at radius 3 is 2.69 bits per heavy atom. The highest BCUT2D eigenvalue weighted by Crippen LogP contribution is 2.67. The van der Waals surface area contributed by atoms with Crippen molar-refractivity contribution in [2.75, 3.05) is 19.8 Å². The van der Waals surface area contributed by atoms with Crippen LogP contribution in [0.25, 0.3) is 0 Å². The number of benzene rings is 1. The minimum Gasteiger partial charge on any atom is -0.490 e. The van der Waals surface area contributed by atoms with Crippen LogP contribution in [0.2, 0.25) is 5.02 Å². The lowest BCUT2D eigenvalue weighted by atomic mass is 9.39. The molecule has 7 nitrogen and oxygen atoms in total. The molecule has 0 aromatic heterocycles. The highest BCUT2D eigenvalue weighted by Gasteiger charge is 2.71. The van der Waals surface area contributed by atoms with Crippen molar-refractivity contribution in [3.8, 4) is 5.75 Å². The van der Waals surface area contributed by atoms with Crippen LogP contribution in [0, 0.1) is 11.2 Å². The first-order chi connectivity index (χ1) is 16.6. The minimum atomic E-state index is -4.35. The summed E-state index contributed by atoms with van der Waals surface area (Å²) in [7, 11) is 0. The van der Waals surface area contributed by atoms with E-state index in [9.17, 15) is 22.4 Å². The Kier molecular flexibility index (Phi) is 5.93. The smallest absolute Gasteiger partial charge is 0.411 e. The molecule has 3 saturated carbocycles. The SMILES string of the molecule is O=C(COc1ccc(Cl)c(F)c1)NC12CC(C3=NCC(COC4=CCC(C(F)(F)F)N=C4)N3)(C1)C2. The summed E-state index contributed by atoms with van der Waals surface area (Å²) >= 11 is 5.64. The van der Waals surface area contributed by atoms with Gasteiger partial charge in [0, 0.05) is 23.4 Å². The Balaban J connectivity index is 1.02. The van der Waals surface area contributed by atoms with Crippen LogP contribution in [-0.2, 0) is 9.53 Å². The van der Waals surface area contributed by atoms with E-state index in [1.807, 2.05) is 0 Å². The third kappa shape index (κ3) is 4.82. The Morgan fingerprint density at radius 2 is 2.03 bits per heavy atom. The number of amidine groups is 1. The molecule has 0 saturated heterocycles. The Morgan fingerprint density at radius 1 is 1.26 bits per heavy atom. The van der Waals surface area contributed by atoms with Crippen LogP contribution in [-0.4, -0.2) is 61.5 Å². The number of nitrogens with zero attached hydrogens (tertiary/aromatic N) is 2. The van der Waals surface area contributed by atoms with E-state index in [2.05, 4.69) is 20.6 Å². The predicted molar refractivity (Wildman–Crippen MR) is 120 cm³/mol. The van der Waals surface area contributed by atoms with E-state index in [1.54, 1.807) is 0 Å². The molecule has 2 N–H and O–H groups in total. The van der Waals surface area contributed by atoms with Gasteiger partial charge in [-0.3, -0.25) is 14.8 Å². The predicted octanol–water partition coefficient (Wildman–Crippen LogP) is 3.57. The third-order valence-electron chi connectivity index (χ3n) is 6.76. The van der Waals surface area contributed by atoms with Crippen molar-refractivity contribution in [3.05, 3.63) is 40.9 Å². The summed E-state index contributed by atoms with van der Waals surface area (Å²) < 4.78 is 62.5. The summed E-state index contributed by atoms with van der Waals surface area (Å²) in [4.78, 5) is 20.4. The van der Waals surface area contributed by atoms with Gasteiger partial charge in [0.15, 0.2) is 6.61 Å². The molecule has 12 heteroatoms. The summed E-state index contributed by atoms with van der Waals surface area (Å²) in [6, 6.07) is 2.21. The van der Waals surface area contributed by atoms with Crippen LogP contribution in [0.3, 0.4) is 0 Å². The lowest BCUT2D eigenvalue weighted by molar-refractivity contribution is -0.146. The molecule has 188 valence electrons. The number of carbonyl (C=O) groups excluding carboxylic acids is 1. The van der Waals surface area contributed by atoms with E-state index in [0.29, 0.717) is 12.3 Å². The molecule has 0 radical (unpaired) electrons. The van der Waals surface area contributed by atoms with E-state index in [4.69, 9.17) is 21.1 Å². The summed E-state index contributed by atoms with van der Waals surface area (Å²) in [5.41, 5.74) is -0.365. The largest absolute Gasteiger partial charge is 0.490 e. The van der Waals surface area contributed by atoms with Gasteiger partial charge in [-0.1, -0.05) is 11.6 Å². The quantitative estimate of drug-likeness (QED) is 0.520.